The van der Waals surface area contributed by atoms with Gasteiger partial charge < -0.3 is 35.9 Å². The zero-order valence-corrected chi connectivity index (χ0v) is 31.5. The quantitative estimate of drug-likeness (QED) is 0.0827. The summed E-state index contributed by atoms with van der Waals surface area (Å²) in [4.78, 5) is 72.7. The van der Waals surface area contributed by atoms with Gasteiger partial charge in [-0.05, 0) is 34.4 Å². The predicted molar refractivity (Wildman–Crippen MR) is 209 cm³/mol. The minimum absolute atomic E-state index is 0.00760. The number of rotatable bonds is 18. The Balaban J connectivity index is 1.23. The fraction of sp³-hybridized carbons (Fsp3) is 0.268. The molecule has 4 amide bonds. The van der Waals surface area contributed by atoms with Gasteiger partial charge in [0.15, 0.2) is 0 Å². The van der Waals surface area contributed by atoms with Crippen molar-refractivity contribution in [2.75, 3.05) is 6.61 Å². The van der Waals surface area contributed by atoms with E-state index in [9.17, 15) is 24.1 Å². The number of aromatic amines is 1. The van der Waals surface area contributed by atoms with Crippen molar-refractivity contribution < 1.29 is 33.3 Å². The maximum Gasteiger partial charge on any atom is 0.408 e. The number of hydrogen-bond donors (Lipinski definition) is 5. The van der Waals surface area contributed by atoms with E-state index < -0.39 is 49.9 Å². The molecule has 5 aromatic rings. The molecule has 5 atom stereocenters. The van der Waals surface area contributed by atoms with E-state index in [1.54, 1.807) is 20.0 Å². The Labute approximate surface area is 320 Å². The summed E-state index contributed by atoms with van der Waals surface area (Å²) < 4.78 is 10.9. The van der Waals surface area contributed by atoms with Crippen LogP contribution in [0.1, 0.15) is 36.2 Å². The maximum absolute atomic E-state index is 14.1. The number of aromatic nitrogens is 2. The molecule has 0 bridgehead atoms. The van der Waals surface area contributed by atoms with Crippen LogP contribution >= 0.6 is 8.00 Å². The second-order valence-corrected chi connectivity index (χ2v) is 14.2. The number of carbonyl (C=O) groups excluding carboxylic acids is 4. The summed E-state index contributed by atoms with van der Waals surface area (Å²) >= 11 is 0. The molecular weight excluding hydrogens is 719 g/mol. The molecule has 0 aliphatic carbocycles. The molecule has 13 nitrogen and oxygen atoms in total. The van der Waals surface area contributed by atoms with Crippen molar-refractivity contribution in [1.29, 1.82) is 0 Å². The lowest BCUT2D eigenvalue weighted by Crippen LogP contribution is -2.56. The molecule has 55 heavy (non-hydrogen) atoms. The highest BCUT2D eigenvalue weighted by atomic mass is 31.1. The average molecular weight is 765 g/mol. The molecule has 3 unspecified atom stereocenters. The second kappa shape index (κ2) is 20.5. The first kappa shape index (κ1) is 40.3. The van der Waals surface area contributed by atoms with Gasteiger partial charge in [0.2, 0.25) is 25.6 Å². The number of nitrogens with one attached hydrogen (secondary N) is 5. The molecule has 0 aliphatic rings. The average Bonchev–Trinajstić information content (AvgIpc) is 3.72. The largest absolute Gasteiger partial charge is 0.603 e. The number of amides is 4. The van der Waals surface area contributed by atoms with E-state index in [4.69, 9.17) is 9.26 Å². The number of carbonyl (C=O) groups is 4. The van der Waals surface area contributed by atoms with Crippen LogP contribution in [0.25, 0.3) is 10.8 Å². The molecular formula is C41H45N6O7P. The molecule has 0 saturated carbocycles. The summed E-state index contributed by atoms with van der Waals surface area (Å²) in [5, 5.41) is 13.1. The van der Waals surface area contributed by atoms with Gasteiger partial charge in [0.25, 0.3) is 5.91 Å². The fourth-order valence-electron chi connectivity index (χ4n) is 5.67. The lowest BCUT2D eigenvalue weighted by molar-refractivity contribution is -0.172. The number of nitrogens with zero attached hydrogens (tertiary/aromatic N) is 1. The van der Waals surface area contributed by atoms with Crippen LogP contribution in [0.15, 0.2) is 116 Å². The smallest absolute Gasteiger partial charge is 0.408 e. The Morgan fingerprint density at radius 3 is 2.18 bits per heavy atom. The maximum atomic E-state index is 14.1. The van der Waals surface area contributed by atoms with Crippen molar-refractivity contribution in [3.63, 3.8) is 0 Å². The van der Waals surface area contributed by atoms with E-state index in [1.807, 2.05) is 103 Å². The van der Waals surface area contributed by atoms with Crippen LogP contribution in [-0.4, -0.2) is 64.3 Å². The molecule has 0 spiro atoms. The summed E-state index contributed by atoms with van der Waals surface area (Å²) in [5.41, 5.74) is 3.11. The molecule has 0 aliphatic heterocycles. The van der Waals surface area contributed by atoms with Gasteiger partial charge in [-0.25, -0.2) is 9.78 Å². The normalized spacial score (nSPS) is 13.5. The number of benzene rings is 4. The number of fused-ring (bicyclic) bond motifs is 1. The minimum atomic E-state index is -2.41. The van der Waals surface area contributed by atoms with Crippen LogP contribution < -0.4 is 26.2 Å². The van der Waals surface area contributed by atoms with Gasteiger partial charge in [-0.3, -0.25) is 14.4 Å². The lowest BCUT2D eigenvalue weighted by atomic mass is 9.98. The summed E-state index contributed by atoms with van der Waals surface area (Å²) in [6, 6.07) is 29.3. The Kier molecular flexibility index (Phi) is 15.1. The Bertz CT molecular complexity index is 2040. The second-order valence-electron chi connectivity index (χ2n) is 13.1. The van der Waals surface area contributed by atoms with E-state index in [0.717, 1.165) is 33.3 Å². The van der Waals surface area contributed by atoms with E-state index >= 15 is 0 Å². The van der Waals surface area contributed by atoms with Crippen LogP contribution in [0.2, 0.25) is 0 Å². The van der Waals surface area contributed by atoms with Crippen LogP contribution in [0.3, 0.4) is 0 Å². The minimum Gasteiger partial charge on any atom is -0.603 e. The lowest BCUT2D eigenvalue weighted by Gasteiger charge is -2.26. The summed E-state index contributed by atoms with van der Waals surface area (Å²) in [6.07, 6.45) is 2.44. The highest BCUT2D eigenvalue weighted by Gasteiger charge is 2.30. The number of alkyl carbamates (subject to hydrolysis) is 1. The summed E-state index contributed by atoms with van der Waals surface area (Å²) in [6.45, 7) is 3.84. The van der Waals surface area contributed by atoms with E-state index in [0.29, 0.717) is 5.69 Å². The predicted octanol–water partition coefficient (Wildman–Crippen LogP) is 4.08. The number of ether oxygens (including phenoxy) is 1. The van der Waals surface area contributed by atoms with Crippen molar-refractivity contribution in [3.05, 3.63) is 138 Å². The number of H-pyrrole nitrogens is 1. The van der Waals surface area contributed by atoms with Crippen LogP contribution in [0, 0.1) is 5.92 Å². The van der Waals surface area contributed by atoms with Gasteiger partial charge in [0.1, 0.15) is 25.3 Å². The topological polar surface area (TPSA) is 187 Å². The zero-order chi connectivity index (χ0) is 39.0. The van der Waals surface area contributed by atoms with Crippen molar-refractivity contribution in [2.24, 2.45) is 5.92 Å². The Morgan fingerprint density at radius 1 is 0.800 bits per heavy atom. The van der Waals surface area contributed by atoms with Crippen molar-refractivity contribution in [3.8, 4) is 0 Å². The van der Waals surface area contributed by atoms with Crippen LogP contribution in [0.4, 0.5) is 4.79 Å². The van der Waals surface area contributed by atoms with Crippen LogP contribution in [-0.2, 0) is 49.6 Å². The SMILES string of the molecule is CC(CO[P+]([O-])=CC(=O)NCc1ccccc1)C(C)NC(=O)[C@H](Cc1cnc[nH]1)NC(=O)[C@@H](Cc1cccc2ccccc12)NC(=O)OCc1ccccc1. The first-order chi connectivity index (χ1) is 26.6. The van der Waals surface area contributed by atoms with Crippen LogP contribution in [0.5, 0.6) is 0 Å². The van der Waals surface area contributed by atoms with Gasteiger partial charge in [-0.1, -0.05) is 110 Å². The van der Waals surface area contributed by atoms with E-state index in [2.05, 4.69) is 31.2 Å². The molecule has 1 heterocycles. The molecule has 0 radical (unpaired) electrons. The monoisotopic (exact) mass is 764 g/mol. The first-order valence-electron chi connectivity index (χ1n) is 17.9. The third-order valence-electron chi connectivity index (χ3n) is 8.96. The molecule has 286 valence electrons. The van der Waals surface area contributed by atoms with Gasteiger partial charge in [-0.15, -0.1) is 0 Å². The number of imidazole rings is 1. The van der Waals surface area contributed by atoms with Gasteiger partial charge in [0, 0.05) is 43.2 Å². The molecule has 5 N–H and O–H groups in total. The highest BCUT2D eigenvalue weighted by molar-refractivity contribution is 7.47. The molecule has 0 fully saturated rings. The van der Waals surface area contributed by atoms with Gasteiger partial charge >= 0.3 is 6.09 Å². The Hall–Kier alpha value is -5.88. The fourth-order valence-corrected chi connectivity index (χ4v) is 6.41. The first-order valence-corrected chi connectivity index (χ1v) is 19.2. The molecule has 1 aromatic heterocycles. The van der Waals surface area contributed by atoms with Gasteiger partial charge in [-0.2, -0.15) is 4.52 Å². The van der Waals surface area contributed by atoms with Gasteiger partial charge in [0.05, 0.1) is 6.33 Å². The third-order valence-corrected chi connectivity index (χ3v) is 9.81. The zero-order valence-electron chi connectivity index (χ0n) is 30.6. The number of hydrogen-bond acceptors (Lipinski definition) is 8. The molecule has 5 rings (SSSR count). The van der Waals surface area contributed by atoms with E-state index in [1.165, 1.54) is 6.33 Å². The highest BCUT2D eigenvalue weighted by Crippen LogP contribution is 2.20. The van der Waals surface area contributed by atoms with Crippen molar-refractivity contribution in [2.45, 2.75) is 58.0 Å². The Morgan fingerprint density at radius 2 is 1.45 bits per heavy atom. The molecule has 0 saturated heterocycles. The molecule has 4 aromatic carbocycles. The molecule has 14 heteroatoms. The summed E-state index contributed by atoms with van der Waals surface area (Å²) in [5.74, 6) is -0.938. The van der Waals surface area contributed by atoms with Crippen molar-refractivity contribution in [1.82, 2.24) is 31.2 Å². The van der Waals surface area contributed by atoms with E-state index in [-0.39, 0.29) is 38.5 Å². The third kappa shape index (κ3) is 12.9. The summed E-state index contributed by atoms with van der Waals surface area (Å²) in [7, 11) is -2.41. The standard InChI is InChI=1S/C41H45N6O7P/c1-28(24-54-55(52)26-38(48)43-22-30-12-5-3-6-13-30)29(2)45-39(49)37(21-34-23-42-27-44-34)46-40(50)36(47-41(51)53-25-31-14-7-4-8-15-31)20-33-18-11-17-32-16-9-10-19-35(32)33/h3-19,23,26-29,36-37H,20-22,24-25H2,1-2H3,(H,42,44)(H,43,48)(H,45,49)(H,46,50)(H,47,51)/t28?,29?,36-,37+/m1/s1. The van der Waals surface area contributed by atoms with Crippen molar-refractivity contribution >= 4 is 48.4 Å².